The molecule has 0 radical (unpaired) electrons. The molecular formula is C30H50O3. The van der Waals surface area contributed by atoms with E-state index >= 15 is 0 Å². The van der Waals surface area contributed by atoms with Crippen molar-refractivity contribution in [2.45, 2.75) is 116 Å². The summed E-state index contributed by atoms with van der Waals surface area (Å²) in [6.45, 7) is 3.40. The van der Waals surface area contributed by atoms with Crippen molar-refractivity contribution in [2.75, 3.05) is 13.4 Å². The summed E-state index contributed by atoms with van der Waals surface area (Å²) in [6.07, 6.45) is 28.2. The Morgan fingerprint density at radius 1 is 0.697 bits per heavy atom. The lowest BCUT2D eigenvalue weighted by molar-refractivity contribution is -0.0893. The summed E-state index contributed by atoms with van der Waals surface area (Å²) < 4.78 is 11.3. The lowest BCUT2D eigenvalue weighted by atomic mass is 10.1. The molecule has 1 N–H and O–H groups in total. The number of hydrogen-bond donors (Lipinski definition) is 1. The number of rotatable bonds is 23. The molecule has 0 unspecified atom stereocenters. The zero-order valence-electron chi connectivity index (χ0n) is 21.3. The molecule has 0 saturated carbocycles. The highest BCUT2D eigenvalue weighted by molar-refractivity contribution is 5.13. The van der Waals surface area contributed by atoms with Gasteiger partial charge in [-0.25, -0.2) is 0 Å². The monoisotopic (exact) mass is 458 g/mol. The van der Waals surface area contributed by atoms with E-state index in [2.05, 4.69) is 43.4 Å². The number of ether oxygens (including phenoxy) is 2. The molecule has 3 heteroatoms. The van der Waals surface area contributed by atoms with Crippen LogP contribution in [0.2, 0.25) is 0 Å². The topological polar surface area (TPSA) is 38.7 Å². The van der Waals surface area contributed by atoms with E-state index in [0.29, 0.717) is 20.0 Å². The van der Waals surface area contributed by atoms with Crippen LogP contribution < -0.4 is 0 Å². The van der Waals surface area contributed by atoms with E-state index in [1.54, 1.807) is 0 Å². The molecule has 0 spiro atoms. The van der Waals surface area contributed by atoms with Gasteiger partial charge in [0.2, 0.25) is 0 Å². The molecule has 3 nitrogen and oxygen atoms in total. The van der Waals surface area contributed by atoms with Crippen LogP contribution in [0.25, 0.3) is 0 Å². The van der Waals surface area contributed by atoms with Crippen molar-refractivity contribution in [3.63, 3.8) is 0 Å². The maximum Gasteiger partial charge on any atom is 0.147 e. The first-order valence-corrected chi connectivity index (χ1v) is 13.5. The van der Waals surface area contributed by atoms with E-state index in [1.165, 1.54) is 76.2 Å². The SMILES string of the molecule is C[C@H](C/C=C/CC/C=C/CCCCCCCCCCCCCO)OCOCc1ccccc1. The largest absolute Gasteiger partial charge is 0.396 e. The second kappa shape index (κ2) is 23.7. The standard InChI is InChI=1S/C30H50O3/c1-29(33-28-32-27-30-24-20-18-21-25-30)23-19-16-14-12-10-8-6-4-2-3-5-7-9-11-13-15-17-22-26-31/h8,10,16,18-21,24-25,29,31H,2-7,9,11-15,17,22-23,26-28H2,1H3/b10-8+,19-16+/t29-/m1/s1. The molecule has 1 aromatic rings. The summed E-state index contributed by atoms with van der Waals surface area (Å²) in [5, 5.41) is 8.76. The molecule has 0 aliphatic rings. The van der Waals surface area contributed by atoms with Crippen LogP contribution in [0.4, 0.5) is 0 Å². The number of aliphatic hydroxyl groups is 1. The molecule has 0 fully saturated rings. The minimum absolute atomic E-state index is 0.185. The van der Waals surface area contributed by atoms with Gasteiger partial charge in [-0.15, -0.1) is 0 Å². The van der Waals surface area contributed by atoms with Crippen molar-refractivity contribution in [3.8, 4) is 0 Å². The lowest BCUT2D eigenvalue weighted by Crippen LogP contribution is -2.10. The van der Waals surface area contributed by atoms with Crippen molar-refractivity contribution >= 4 is 0 Å². The fourth-order valence-electron chi connectivity index (χ4n) is 3.76. The van der Waals surface area contributed by atoms with Gasteiger partial charge in [-0.1, -0.05) is 112 Å². The predicted molar refractivity (Wildman–Crippen MR) is 141 cm³/mol. The van der Waals surface area contributed by atoms with Gasteiger partial charge in [-0.05, 0) is 51.0 Å². The first kappa shape index (κ1) is 29.6. The number of benzene rings is 1. The highest BCUT2D eigenvalue weighted by Gasteiger charge is 1.99. The Bertz CT molecular complexity index is 567. The molecule has 1 aromatic carbocycles. The summed E-state index contributed by atoms with van der Waals surface area (Å²) in [4.78, 5) is 0. The van der Waals surface area contributed by atoms with Crippen molar-refractivity contribution in [2.24, 2.45) is 0 Å². The van der Waals surface area contributed by atoms with Crippen LogP contribution in [-0.4, -0.2) is 24.6 Å². The molecule has 1 rings (SSSR count). The quantitative estimate of drug-likeness (QED) is 0.101. The first-order chi connectivity index (χ1) is 16.3. The summed E-state index contributed by atoms with van der Waals surface area (Å²) in [5.74, 6) is 0. The van der Waals surface area contributed by atoms with Gasteiger partial charge < -0.3 is 14.6 Å². The van der Waals surface area contributed by atoms with Gasteiger partial charge in [0.1, 0.15) is 6.79 Å². The molecule has 0 bridgehead atoms. The molecule has 0 amide bonds. The van der Waals surface area contributed by atoms with Gasteiger partial charge in [-0.3, -0.25) is 0 Å². The first-order valence-electron chi connectivity index (χ1n) is 13.5. The Balaban J connectivity index is 1.80. The van der Waals surface area contributed by atoms with Gasteiger partial charge in [0.15, 0.2) is 0 Å². The fraction of sp³-hybridized carbons (Fsp3) is 0.667. The zero-order valence-corrected chi connectivity index (χ0v) is 21.3. The van der Waals surface area contributed by atoms with Crippen LogP contribution in [0, 0.1) is 0 Å². The van der Waals surface area contributed by atoms with E-state index in [9.17, 15) is 0 Å². The number of hydrogen-bond acceptors (Lipinski definition) is 3. The Kier molecular flexibility index (Phi) is 21.3. The lowest BCUT2D eigenvalue weighted by Gasteiger charge is -2.11. The molecular weight excluding hydrogens is 408 g/mol. The van der Waals surface area contributed by atoms with Crippen molar-refractivity contribution in [1.29, 1.82) is 0 Å². The maximum atomic E-state index is 8.76. The van der Waals surface area contributed by atoms with E-state index < -0.39 is 0 Å². The van der Waals surface area contributed by atoms with E-state index in [4.69, 9.17) is 14.6 Å². The third-order valence-electron chi connectivity index (χ3n) is 5.88. The zero-order chi connectivity index (χ0) is 23.7. The molecule has 1 atom stereocenters. The molecule has 0 aliphatic carbocycles. The Hall–Kier alpha value is -1.42. The van der Waals surface area contributed by atoms with Gasteiger partial charge >= 0.3 is 0 Å². The normalized spacial score (nSPS) is 12.8. The molecule has 33 heavy (non-hydrogen) atoms. The highest BCUT2D eigenvalue weighted by Crippen LogP contribution is 2.12. The van der Waals surface area contributed by atoms with Gasteiger partial charge in [0.05, 0.1) is 12.7 Å². The molecule has 0 saturated heterocycles. The predicted octanol–water partition coefficient (Wildman–Crippen LogP) is 8.52. The van der Waals surface area contributed by atoms with Crippen LogP contribution in [0.5, 0.6) is 0 Å². The Labute approximate surface area is 204 Å². The summed E-state index contributed by atoms with van der Waals surface area (Å²) in [5.41, 5.74) is 1.18. The van der Waals surface area contributed by atoms with E-state index in [-0.39, 0.29) is 6.10 Å². The minimum atomic E-state index is 0.185. The van der Waals surface area contributed by atoms with Crippen LogP contribution in [0.3, 0.4) is 0 Å². The third-order valence-corrected chi connectivity index (χ3v) is 5.88. The molecule has 0 aromatic heterocycles. The third kappa shape index (κ3) is 20.9. The molecule has 0 aliphatic heterocycles. The average molecular weight is 459 g/mol. The smallest absolute Gasteiger partial charge is 0.147 e. The van der Waals surface area contributed by atoms with Crippen LogP contribution in [-0.2, 0) is 16.1 Å². The van der Waals surface area contributed by atoms with Gasteiger partial charge in [-0.2, -0.15) is 0 Å². The minimum Gasteiger partial charge on any atom is -0.396 e. The van der Waals surface area contributed by atoms with E-state index in [1.807, 2.05) is 18.2 Å². The van der Waals surface area contributed by atoms with Crippen LogP contribution in [0.15, 0.2) is 54.6 Å². The Morgan fingerprint density at radius 3 is 1.88 bits per heavy atom. The second-order valence-electron chi connectivity index (χ2n) is 9.09. The van der Waals surface area contributed by atoms with Crippen molar-refractivity contribution in [1.82, 2.24) is 0 Å². The molecule has 0 heterocycles. The number of unbranched alkanes of at least 4 members (excludes halogenated alkanes) is 12. The fourth-order valence-corrected chi connectivity index (χ4v) is 3.76. The summed E-state index contributed by atoms with van der Waals surface area (Å²) in [7, 11) is 0. The van der Waals surface area contributed by atoms with Crippen LogP contribution >= 0.6 is 0 Å². The average Bonchev–Trinajstić information content (AvgIpc) is 2.84. The highest BCUT2D eigenvalue weighted by atomic mass is 16.7. The van der Waals surface area contributed by atoms with Crippen molar-refractivity contribution in [3.05, 3.63) is 60.2 Å². The number of allylic oxidation sites excluding steroid dienone is 3. The molecule has 188 valence electrons. The van der Waals surface area contributed by atoms with E-state index in [0.717, 1.165) is 25.7 Å². The van der Waals surface area contributed by atoms with Crippen molar-refractivity contribution < 1.29 is 14.6 Å². The van der Waals surface area contributed by atoms with Crippen LogP contribution in [0.1, 0.15) is 109 Å². The van der Waals surface area contributed by atoms with Gasteiger partial charge in [0, 0.05) is 6.61 Å². The Morgan fingerprint density at radius 2 is 1.24 bits per heavy atom. The summed E-state index contributed by atoms with van der Waals surface area (Å²) in [6, 6.07) is 10.2. The maximum absolute atomic E-state index is 8.76. The number of aliphatic hydroxyl groups excluding tert-OH is 1. The van der Waals surface area contributed by atoms with Gasteiger partial charge in [0.25, 0.3) is 0 Å². The summed E-state index contributed by atoms with van der Waals surface area (Å²) >= 11 is 0. The second-order valence-corrected chi connectivity index (χ2v) is 9.09.